The first-order valence-corrected chi connectivity index (χ1v) is 7.85. The number of nitrogens with zero attached hydrogens (tertiary/aromatic N) is 4. The van der Waals surface area contributed by atoms with Crippen LogP contribution < -0.4 is 10.6 Å². The van der Waals surface area contributed by atoms with Crippen LogP contribution in [-0.4, -0.2) is 50.9 Å². The highest BCUT2D eigenvalue weighted by atomic mass is 16.3. The van der Waals surface area contributed by atoms with E-state index in [-0.39, 0.29) is 24.9 Å². The van der Waals surface area contributed by atoms with Gasteiger partial charge in [-0.25, -0.2) is 14.0 Å². The molecule has 2 aromatic rings. The van der Waals surface area contributed by atoms with Crippen molar-refractivity contribution >= 4 is 5.69 Å². The zero-order chi connectivity index (χ0) is 16.8. The summed E-state index contributed by atoms with van der Waals surface area (Å²) in [4.78, 5) is 14.3. The maximum atomic E-state index is 12.4. The van der Waals surface area contributed by atoms with Gasteiger partial charge in [-0.05, 0) is 37.6 Å². The van der Waals surface area contributed by atoms with Crippen LogP contribution in [-0.2, 0) is 0 Å². The van der Waals surface area contributed by atoms with Gasteiger partial charge < -0.3 is 15.1 Å². The molecule has 0 fully saturated rings. The van der Waals surface area contributed by atoms with Crippen LogP contribution in [0.2, 0.25) is 0 Å². The number of hydrogen-bond acceptors (Lipinski definition) is 5. The molecule has 1 unspecified atom stereocenters. The lowest BCUT2D eigenvalue weighted by atomic mass is 10.2. The topological polar surface area (TPSA) is 83.5 Å². The lowest BCUT2D eigenvalue weighted by Crippen LogP contribution is -2.29. The van der Waals surface area contributed by atoms with E-state index in [2.05, 4.69) is 5.10 Å². The maximum Gasteiger partial charge on any atom is 0.350 e. The Hall–Kier alpha value is -2.12. The highest BCUT2D eigenvalue weighted by molar-refractivity contribution is 5.51. The van der Waals surface area contributed by atoms with Gasteiger partial charge >= 0.3 is 5.69 Å². The Morgan fingerprint density at radius 2 is 1.78 bits per heavy atom. The number of aliphatic hydroxyl groups is 2. The minimum absolute atomic E-state index is 0.0168. The summed E-state index contributed by atoms with van der Waals surface area (Å²) in [6.07, 6.45) is 2.37. The molecule has 0 saturated heterocycles. The Morgan fingerprint density at radius 3 is 2.30 bits per heavy atom. The molecule has 23 heavy (non-hydrogen) atoms. The summed E-state index contributed by atoms with van der Waals surface area (Å²) in [7, 11) is 0. The molecule has 0 amide bonds. The first-order chi connectivity index (χ1) is 11.1. The van der Waals surface area contributed by atoms with Gasteiger partial charge in [-0.3, -0.25) is 0 Å². The minimum atomic E-state index is -0.158. The first-order valence-electron chi connectivity index (χ1n) is 7.85. The standard InChI is InChI=1S/C16H24N4O3/c1-3-13(2)20-16(23)19(12-17-20)15-6-4-14(5-7-15)18(8-10-21)9-11-22/h4-7,12-13,21-22H,3,8-11H2,1-2H3. The molecule has 7 nitrogen and oxygen atoms in total. The summed E-state index contributed by atoms with van der Waals surface area (Å²) >= 11 is 0. The highest BCUT2D eigenvalue weighted by Crippen LogP contribution is 2.16. The lowest BCUT2D eigenvalue weighted by Gasteiger charge is -2.23. The monoisotopic (exact) mass is 320 g/mol. The summed E-state index contributed by atoms with van der Waals surface area (Å²) in [5, 5.41) is 22.4. The van der Waals surface area contributed by atoms with E-state index in [0.29, 0.717) is 13.1 Å². The molecular formula is C16H24N4O3. The summed E-state index contributed by atoms with van der Waals surface area (Å²) in [5.41, 5.74) is 1.47. The van der Waals surface area contributed by atoms with E-state index in [4.69, 9.17) is 10.2 Å². The van der Waals surface area contributed by atoms with Crippen LogP contribution in [0.25, 0.3) is 5.69 Å². The molecule has 1 aromatic carbocycles. The van der Waals surface area contributed by atoms with Gasteiger partial charge in [0.25, 0.3) is 0 Å². The maximum absolute atomic E-state index is 12.4. The van der Waals surface area contributed by atoms with Gasteiger partial charge in [-0.15, -0.1) is 0 Å². The SMILES string of the molecule is CCC(C)n1ncn(-c2ccc(N(CCO)CCO)cc2)c1=O. The van der Waals surface area contributed by atoms with E-state index < -0.39 is 0 Å². The summed E-state index contributed by atoms with van der Waals surface area (Å²) in [6.45, 7) is 4.91. The highest BCUT2D eigenvalue weighted by Gasteiger charge is 2.12. The Kier molecular flexibility index (Phi) is 5.95. The second kappa shape index (κ2) is 7.94. The Labute approximate surface area is 135 Å². The van der Waals surface area contributed by atoms with Crippen LogP contribution in [0.1, 0.15) is 26.3 Å². The smallest absolute Gasteiger partial charge is 0.350 e. The molecule has 0 aliphatic heterocycles. The summed E-state index contributed by atoms with van der Waals surface area (Å²) in [5.74, 6) is 0. The average Bonchev–Trinajstić information content (AvgIpc) is 2.96. The van der Waals surface area contributed by atoms with Crippen molar-refractivity contribution in [3.63, 3.8) is 0 Å². The van der Waals surface area contributed by atoms with Crippen molar-refractivity contribution < 1.29 is 10.2 Å². The van der Waals surface area contributed by atoms with Gasteiger partial charge in [0.2, 0.25) is 0 Å². The third-order valence-electron chi connectivity index (χ3n) is 3.93. The van der Waals surface area contributed by atoms with Gasteiger partial charge in [-0.1, -0.05) is 6.92 Å². The van der Waals surface area contributed by atoms with Crippen molar-refractivity contribution in [3.05, 3.63) is 41.1 Å². The summed E-state index contributed by atoms with van der Waals surface area (Å²) < 4.78 is 3.00. The molecule has 0 aliphatic rings. The normalized spacial score (nSPS) is 12.3. The Balaban J connectivity index is 2.26. The van der Waals surface area contributed by atoms with Crippen LogP contribution in [0.5, 0.6) is 0 Å². The quantitative estimate of drug-likeness (QED) is 0.751. The zero-order valence-corrected chi connectivity index (χ0v) is 13.6. The third-order valence-corrected chi connectivity index (χ3v) is 3.93. The fourth-order valence-electron chi connectivity index (χ4n) is 2.40. The van der Waals surface area contributed by atoms with Crippen molar-refractivity contribution in [3.8, 4) is 5.69 Å². The van der Waals surface area contributed by atoms with E-state index in [1.165, 1.54) is 15.6 Å². The van der Waals surface area contributed by atoms with Crippen molar-refractivity contribution in [2.45, 2.75) is 26.3 Å². The van der Waals surface area contributed by atoms with Gasteiger partial charge in [0.15, 0.2) is 0 Å². The van der Waals surface area contributed by atoms with Crippen LogP contribution in [0, 0.1) is 0 Å². The molecule has 0 saturated carbocycles. The van der Waals surface area contributed by atoms with Crippen molar-refractivity contribution in [1.29, 1.82) is 0 Å². The molecule has 0 spiro atoms. The molecular weight excluding hydrogens is 296 g/mol. The van der Waals surface area contributed by atoms with E-state index in [9.17, 15) is 4.79 Å². The molecule has 0 bridgehead atoms. The van der Waals surface area contributed by atoms with Crippen LogP contribution in [0.3, 0.4) is 0 Å². The van der Waals surface area contributed by atoms with Gasteiger partial charge in [0.1, 0.15) is 6.33 Å². The molecule has 1 atom stereocenters. The number of anilines is 1. The van der Waals surface area contributed by atoms with E-state index in [1.807, 2.05) is 43.0 Å². The first kappa shape index (κ1) is 17.2. The molecule has 1 aromatic heterocycles. The summed E-state index contributed by atoms with van der Waals surface area (Å²) in [6, 6.07) is 7.47. The number of aromatic nitrogens is 3. The second-order valence-corrected chi connectivity index (χ2v) is 5.44. The zero-order valence-electron chi connectivity index (χ0n) is 13.6. The average molecular weight is 320 g/mol. The van der Waals surface area contributed by atoms with E-state index >= 15 is 0 Å². The number of aliphatic hydroxyl groups excluding tert-OH is 2. The fourth-order valence-corrected chi connectivity index (χ4v) is 2.40. The number of benzene rings is 1. The number of hydrogen-bond donors (Lipinski definition) is 2. The van der Waals surface area contributed by atoms with Crippen LogP contribution in [0.4, 0.5) is 5.69 Å². The molecule has 2 N–H and O–H groups in total. The molecule has 0 aliphatic carbocycles. The molecule has 126 valence electrons. The van der Waals surface area contributed by atoms with Crippen molar-refractivity contribution in [1.82, 2.24) is 14.3 Å². The van der Waals surface area contributed by atoms with Gasteiger partial charge in [0.05, 0.1) is 24.9 Å². The van der Waals surface area contributed by atoms with Crippen molar-refractivity contribution in [2.24, 2.45) is 0 Å². The van der Waals surface area contributed by atoms with Gasteiger partial charge in [-0.2, -0.15) is 5.10 Å². The largest absolute Gasteiger partial charge is 0.395 e. The van der Waals surface area contributed by atoms with E-state index in [1.54, 1.807) is 0 Å². The van der Waals surface area contributed by atoms with Crippen molar-refractivity contribution in [2.75, 3.05) is 31.2 Å². The van der Waals surface area contributed by atoms with Gasteiger partial charge in [0, 0.05) is 18.8 Å². The third kappa shape index (κ3) is 3.80. The van der Waals surface area contributed by atoms with E-state index in [0.717, 1.165) is 17.8 Å². The molecule has 1 heterocycles. The van der Waals surface area contributed by atoms with Crippen LogP contribution in [0.15, 0.2) is 35.4 Å². The molecule has 2 rings (SSSR count). The molecule has 0 radical (unpaired) electrons. The number of rotatable bonds is 8. The second-order valence-electron chi connectivity index (χ2n) is 5.44. The fraction of sp³-hybridized carbons (Fsp3) is 0.500. The lowest BCUT2D eigenvalue weighted by molar-refractivity contribution is 0.281. The van der Waals surface area contributed by atoms with Crippen LogP contribution >= 0.6 is 0 Å². The predicted molar refractivity (Wildman–Crippen MR) is 89.2 cm³/mol. The Bertz CT molecular complexity index is 657. The molecule has 7 heteroatoms. The Morgan fingerprint density at radius 1 is 1.17 bits per heavy atom. The predicted octanol–water partition coefficient (Wildman–Crippen LogP) is 0.796. The minimum Gasteiger partial charge on any atom is -0.395 e.